The molecule has 4 aromatic rings. The number of hydrogen-bond acceptors (Lipinski definition) is 6. The lowest BCUT2D eigenvalue weighted by Gasteiger charge is -2.42. The minimum Gasteiger partial charge on any atom is -0.434 e. The zero-order chi connectivity index (χ0) is 29.9. The van der Waals surface area contributed by atoms with E-state index < -0.39 is 32.7 Å². The number of benzene rings is 2. The fourth-order valence-electron chi connectivity index (χ4n) is 5.19. The van der Waals surface area contributed by atoms with Crippen molar-refractivity contribution in [2.24, 2.45) is 0 Å². The van der Waals surface area contributed by atoms with Gasteiger partial charge in [0, 0.05) is 28.8 Å². The Morgan fingerprint density at radius 2 is 1.80 bits per heavy atom. The molecule has 3 heterocycles. The molecule has 11 heteroatoms. The Labute approximate surface area is 244 Å². The van der Waals surface area contributed by atoms with Crippen molar-refractivity contribution < 1.29 is 23.1 Å². The molecule has 0 unspecified atom stereocenters. The second kappa shape index (κ2) is 10.4. The molecule has 0 saturated heterocycles. The molecule has 1 N–H and O–H groups in total. The molecule has 2 aromatic carbocycles. The van der Waals surface area contributed by atoms with Crippen LogP contribution < -0.4 is 4.74 Å². The number of alkyl halides is 2. The molecule has 41 heavy (non-hydrogen) atoms. The van der Waals surface area contributed by atoms with Crippen LogP contribution in [0.1, 0.15) is 70.4 Å². The molecule has 5 rings (SSSR count). The summed E-state index contributed by atoms with van der Waals surface area (Å²) in [7, 11) is -2.11. The second-order valence-corrected chi connectivity index (χ2v) is 17.6. The molecule has 0 amide bonds. The summed E-state index contributed by atoms with van der Waals surface area (Å²) < 4.78 is 39.8. The van der Waals surface area contributed by atoms with Gasteiger partial charge in [0.1, 0.15) is 23.3 Å². The van der Waals surface area contributed by atoms with E-state index in [1.807, 2.05) is 42.7 Å². The molecule has 1 aliphatic rings. The van der Waals surface area contributed by atoms with E-state index in [0.29, 0.717) is 28.4 Å². The first-order valence-electron chi connectivity index (χ1n) is 13.6. The number of nitrogens with zero attached hydrogens (tertiary/aromatic N) is 4. The SMILES string of the molecule is CC(C)(O[Si](C)(C)C(C)(C)C)c1nccc(-c2ccc3nc4n(c3c2)[C@@H](c2c(Cl)cccc2OC(F)F)C[C@@H]4O)n1. The van der Waals surface area contributed by atoms with Gasteiger partial charge in [-0.3, -0.25) is 0 Å². The van der Waals surface area contributed by atoms with Crippen LogP contribution in [-0.4, -0.2) is 39.6 Å². The van der Waals surface area contributed by atoms with Crippen molar-refractivity contribution in [1.29, 1.82) is 0 Å². The highest BCUT2D eigenvalue weighted by Gasteiger charge is 2.43. The van der Waals surface area contributed by atoms with Crippen molar-refractivity contribution >= 4 is 31.0 Å². The Hall–Kier alpha value is -2.92. The first kappa shape index (κ1) is 29.6. The van der Waals surface area contributed by atoms with E-state index in [1.54, 1.807) is 18.3 Å². The highest BCUT2D eigenvalue weighted by atomic mass is 35.5. The summed E-state index contributed by atoms with van der Waals surface area (Å²) >= 11 is 6.52. The van der Waals surface area contributed by atoms with Gasteiger partial charge in [-0.1, -0.05) is 44.5 Å². The van der Waals surface area contributed by atoms with Crippen molar-refractivity contribution in [2.45, 2.75) is 83.5 Å². The summed E-state index contributed by atoms with van der Waals surface area (Å²) in [5, 5.41) is 11.2. The van der Waals surface area contributed by atoms with Gasteiger partial charge in [0.05, 0.1) is 22.8 Å². The van der Waals surface area contributed by atoms with Gasteiger partial charge in [0.25, 0.3) is 0 Å². The Morgan fingerprint density at radius 1 is 1.07 bits per heavy atom. The quantitative estimate of drug-likeness (QED) is 0.216. The van der Waals surface area contributed by atoms with Gasteiger partial charge in [-0.15, -0.1) is 0 Å². The van der Waals surface area contributed by atoms with Crippen molar-refractivity contribution in [1.82, 2.24) is 19.5 Å². The minimum absolute atomic E-state index is 0.0261. The number of aromatic nitrogens is 4. The number of fused-ring (bicyclic) bond motifs is 3. The third-order valence-electron chi connectivity index (χ3n) is 8.14. The van der Waals surface area contributed by atoms with Gasteiger partial charge >= 0.3 is 6.61 Å². The Balaban J connectivity index is 1.57. The first-order chi connectivity index (χ1) is 19.1. The Morgan fingerprint density at radius 3 is 2.49 bits per heavy atom. The van der Waals surface area contributed by atoms with Crippen LogP contribution in [0.2, 0.25) is 23.2 Å². The van der Waals surface area contributed by atoms with E-state index in [2.05, 4.69) is 43.8 Å². The van der Waals surface area contributed by atoms with E-state index in [0.717, 1.165) is 11.1 Å². The first-order valence-corrected chi connectivity index (χ1v) is 16.8. The van der Waals surface area contributed by atoms with E-state index in [9.17, 15) is 13.9 Å². The number of ether oxygens (including phenoxy) is 1. The third-order valence-corrected chi connectivity index (χ3v) is 13.1. The summed E-state index contributed by atoms with van der Waals surface area (Å²) in [5.74, 6) is 0.994. The van der Waals surface area contributed by atoms with Crippen LogP contribution >= 0.6 is 11.6 Å². The highest BCUT2D eigenvalue weighted by Crippen LogP contribution is 2.47. The predicted octanol–water partition coefficient (Wildman–Crippen LogP) is 8.03. The zero-order valence-corrected chi connectivity index (χ0v) is 26.0. The van der Waals surface area contributed by atoms with Gasteiger partial charge in [0.15, 0.2) is 14.1 Å². The second-order valence-electron chi connectivity index (χ2n) is 12.5. The zero-order valence-electron chi connectivity index (χ0n) is 24.2. The maximum Gasteiger partial charge on any atom is 0.387 e. The van der Waals surface area contributed by atoms with Crippen LogP contribution in [0.15, 0.2) is 48.7 Å². The molecule has 0 radical (unpaired) electrons. The number of hydrogen-bond donors (Lipinski definition) is 1. The Kier molecular flexibility index (Phi) is 7.51. The van der Waals surface area contributed by atoms with E-state index in [1.165, 1.54) is 6.07 Å². The van der Waals surface area contributed by atoms with Crippen LogP contribution in [0.5, 0.6) is 5.75 Å². The molecule has 0 bridgehead atoms. The Bertz CT molecular complexity index is 1600. The molecule has 0 saturated carbocycles. The fourth-order valence-corrected chi connectivity index (χ4v) is 7.15. The maximum absolute atomic E-state index is 13.2. The summed E-state index contributed by atoms with van der Waals surface area (Å²) in [6.45, 7) is 12.0. The largest absolute Gasteiger partial charge is 0.434 e. The fraction of sp³-hybridized carbons (Fsp3) is 0.433. The number of aliphatic hydroxyl groups is 1. The van der Waals surface area contributed by atoms with E-state index >= 15 is 0 Å². The van der Waals surface area contributed by atoms with Crippen molar-refractivity contribution in [2.75, 3.05) is 0 Å². The van der Waals surface area contributed by atoms with Crippen molar-refractivity contribution in [3.05, 3.63) is 70.9 Å². The molecule has 218 valence electrons. The molecular formula is C30H35ClF2N4O3Si. The third kappa shape index (κ3) is 5.50. The number of rotatable bonds is 7. The molecule has 0 fully saturated rings. The predicted molar refractivity (Wildman–Crippen MR) is 158 cm³/mol. The van der Waals surface area contributed by atoms with Crippen LogP contribution in [0, 0.1) is 0 Å². The van der Waals surface area contributed by atoms with Crippen molar-refractivity contribution in [3.63, 3.8) is 0 Å². The van der Waals surface area contributed by atoms with E-state index in [4.69, 9.17) is 25.7 Å². The smallest absolute Gasteiger partial charge is 0.387 e. The summed E-state index contributed by atoms with van der Waals surface area (Å²) in [6.07, 6.45) is 1.05. The monoisotopic (exact) mass is 600 g/mol. The van der Waals surface area contributed by atoms with Gasteiger partial charge in [-0.05, 0) is 62.3 Å². The summed E-state index contributed by atoms with van der Waals surface area (Å²) in [5.41, 5.74) is 2.57. The summed E-state index contributed by atoms with van der Waals surface area (Å²) in [6, 6.07) is 11.6. The number of aliphatic hydroxyl groups excluding tert-OH is 1. The van der Waals surface area contributed by atoms with Crippen LogP contribution in [0.3, 0.4) is 0 Å². The summed E-state index contributed by atoms with van der Waals surface area (Å²) in [4.78, 5) is 14.1. The molecule has 7 nitrogen and oxygen atoms in total. The molecule has 1 aliphatic heterocycles. The van der Waals surface area contributed by atoms with E-state index in [-0.39, 0.29) is 22.2 Å². The highest BCUT2D eigenvalue weighted by molar-refractivity contribution is 6.74. The molecule has 0 aliphatic carbocycles. The van der Waals surface area contributed by atoms with Gasteiger partial charge in [-0.2, -0.15) is 8.78 Å². The van der Waals surface area contributed by atoms with Gasteiger partial charge in [0.2, 0.25) is 0 Å². The van der Waals surface area contributed by atoms with Crippen molar-refractivity contribution in [3.8, 4) is 17.0 Å². The number of halogens is 3. The standard InChI is InChI=1S/C30H35ClF2N4O3Si/c1-29(2,3)41(6,7)40-30(4,5)27-34-14-13-19(36-27)17-11-12-20-21(15-17)37-22(16-23(38)26(37)35-20)25-18(31)9-8-10-24(25)39-28(32)33/h8-15,22-23,28,38H,16H2,1-7H3/t22-,23+/m1/s1. The number of imidazole rings is 1. The lowest BCUT2D eigenvalue weighted by Crippen LogP contribution is -2.46. The molecular weight excluding hydrogens is 566 g/mol. The van der Waals surface area contributed by atoms with Gasteiger partial charge < -0.3 is 18.8 Å². The van der Waals surface area contributed by atoms with Crippen LogP contribution in [0.4, 0.5) is 8.78 Å². The van der Waals surface area contributed by atoms with Crippen LogP contribution in [0.25, 0.3) is 22.3 Å². The maximum atomic E-state index is 13.2. The molecule has 2 aromatic heterocycles. The topological polar surface area (TPSA) is 82.3 Å². The lowest BCUT2D eigenvalue weighted by molar-refractivity contribution is -0.0507. The normalized spacial score (nSPS) is 17.9. The average Bonchev–Trinajstić information content (AvgIpc) is 3.39. The molecule has 2 atom stereocenters. The van der Waals surface area contributed by atoms with Gasteiger partial charge in [-0.25, -0.2) is 15.0 Å². The lowest BCUT2D eigenvalue weighted by atomic mass is 10.0. The minimum atomic E-state index is -3.01. The molecule has 0 spiro atoms. The van der Waals surface area contributed by atoms with Crippen LogP contribution in [-0.2, 0) is 10.0 Å². The average molecular weight is 601 g/mol.